The van der Waals surface area contributed by atoms with E-state index in [1.807, 2.05) is 0 Å². The lowest BCUT2D eigenvalue weighted by Gasteiger charge is -2.31. The molecule has 0 fully saturated rings. The van der Waals surface area contributed by atoms with Gasteiger partial charge in [-0.15, -0.1) is 0 Å². The number of aromatic hydroxyl groups is 2. The Hall–Kier alpha value is -3.53. The number of hydrogen-bond donors (Lipinski definition) is 4. The maximum absolute atomic E-state index is 12.9. The molecule has 0 aliphatic carbocycles. The van der Waals surface area contributed by atoms with E-state index in [1.165, 1.54) is 25.3 Å². The number of phenolic OH excluding ortho intramolecular Hbond substituents is 2. The van der Waals surface area contributed by atoms with Gasteiger partial charge in [0.15, 0.2) is 0 Å². The standard InChI is InChI=1S/C20H25ClN2O5.C7H8O2/c1-4-28-20(25)18-15(11-27-10-9-22)23-12(2)16(19(24)26-3)17(18)13-7-5-6-8-14(13)21;1-5-4-6(8)2-3-7(5)9/h5-8,17,23H,4,9-11,22H2,1-3H3;2-4,8-9H,1H3. The summed E-state index contributed by atoms with van der Waals surface area (Å²) in [4.78, 5) is 25.5. The summed E-state index contributed by atoms with van der Waals surface area (Å²) in [7, 11) is 1.29. The number of esters is 2. The molecule has 0 radical (unpaired) electrons. The lowest BCUT2D eigenvalue weighted by molar-refractivity contribution is -0.139. The van der Waals surface area contributed by atoms with E-state index in [2.05, 4.69) is 5.32 Å². The average molecular weight is 533 g/mol. The topological polar surface area (TPSA) is 140 Å². The number of methoxy groups -OCH3 is 1. The molecule has 1 heterocycles. The van der Waals surface area contributed by atoms with Gasteiger partial charge in [-0.05, 0) is 56.2 Å². The van der Waals surface area contributed by atoms with Crippen molar-refractivity contribution >= 4 is 23.5 Å². The molecule has 1 atom stereocenters. The molecule has 10 heteroatoms. The summed E-state index contributed by atoms with van der Waals surface area (Å²) in [6.07, 6.45) is 0. The number of aryl methyl sites for hydroxylation is 1. The molecule has 0 spiro atoms. The van der Waals surface area contributed by atoms with Crippen LogP contribution < -0.4 is 11.1 Å². The lowest BCUT2D eigenvalue weighted by atomic mass is 9.80. The summed E-state index contributed by atoms with van der Waals surface area (Å²) >= 11 is 6.42. The summed E-state index contributed by atoms with van der Waals surface area (Å²) in [6.45, 7) is 6.15. The second kappa shape index (κ2) is 14.3. The van der Waals surface area contributed by atoms with Crippen molar-refractivity contribution in [2.24, 2.45) is 5.73 Å². The molecule has 1 aliphatic rings. The predicted octanol–water partition coefficient (Wildman–Crippen LogP) is 3.67. The number of nitrogens with one attached hydrogen (secondary N) is 1. The highest BCUT2D eigenvalue weighted by molar-refractivity contribution is 6.31. The number of phenols is 2. The third kappa shape index (κ3) is 7.72. The smallest absolute Gasteiger partial charge is 0.336 e. The van der Waals surface area contributed by atoms with Crippen molar-refractivity contribution in [3.63, 3.8) is 0 Å². The van der Waals surface area contributed by atoms with Crippen molar-refractivity contribution in [3.8, 4) is 11.5 Å². The number of carbonyl (C=O) groups excluding carboxylic acids is 2. The highest BCUT2D eigenvalue weighted by Crippen LogP contribution is 2.41. The Kier molecular flexibility index (Phi) is 11.5. The zero-order valence-electron chi connectivity index (χ0n) is 21.3. The van der Waals surface area contributed by atoms with E-state index in [0.717, 1.165) is 0 Å². The molecule has 0 saturated heterocycles. The molecule has 1 unspecified atom stereocenters. The van der Waals surface area contributed by atoms with Crippen molar-refractivity contribution in [2.45, 2.75) is 26.7 Å². The van der Waals surface area contributed by atoms with E-state index in [0.29, 0.717) is 46.3 Å². The minimum absolute atomic E-state index is 0.109. The molecule has 37 heavy (non-hydrogen) atoms. The van der Waals surface area contributed by atoms with E-state index >= 15 is 0 Å². The van der Waals surface area contributed by atoms with E-state index in [9.17, 15) is 9.59 Å². The van der Waals surface area contributed by atoms with Gasteiger partial charge in [0.25, 0.3) is 0 Å². The second-order valence-corrected chi connectivity index (χ2v) is 8.44. The Labute approximate surface area is 221 Å². The molecule has 1 aliphatic heterocycles. The fraction of sp³-hybridized carbons (Fsp3) is 0.333. The van der Waals surface area contributed by atoms with Gasteiger partial charge in [-0.1, -0.05) is 29.8 Å². The summed E-state index contributed by atoms with van der Waals surface area (Å²) < 4.78 is 15.8. The number of dihydropyridines is 1. The number of allylic oxidation sites excluding steroid dienone is 1. The van der Waals surface area contributed by atoms with Crippen LogP contribution in [-0.4, -0.2) is 55.6 Å². The summed E-state index contributed by atoms with van der Waals surface area (Å²) in [5.41, 5.74) is 8.39. The van der Waals surface area contributed by atoms with Crippen LogP contribution in [0.4, 0.5) is 0 Å². The van der Waals surface area contributed by atoms with Crippen LogP contribution >= 0.6 is 11.6 Å². The van der Waals surface area contributed by atoms with Gasteiger partial charge in [0.1, 0.15) is 11.5 Å². The van der Waals surface area contributed by atoms with Gasteiger partial charge in [-0.2, -0.15) is 0 Å². The van der Waals surface area contributed by atoms with Gasteiger partial charge in [0, 0.05) is 17.3 Å². The molecule has 5 N–H and O–H groups in total. The van der Waals surface area contributed by atoms with Gasteiger partial charge in [-0.25, -0.2) is 9.59 Å². The molecule has 9 nitrogen and oxygen atoms in total. The molecule has 2 aromatic carbocycles. The lowest BCUT2D eigenvalue weighted by Crippen LogP contribution is -2.35. The van der Waals surface area contributed by atoms with E-state index in [-0.39, 0.29) is 30.3 Å². The van der Waals surface area contributed by atoms with Crippen LogP contribution in [0.15, 0.2) is 65.0 Å². The first kappa shape index (κ1) is 29.7. The molecule has 0 aromatic heterocycles. The number of ether oxygens (including phenoxy) is 3. The third-order valence-corrected chi connectivity index (χ3v) is 5.79. The van der Waals surface area contributed by atoms with E-state index < -0.39 is 17.9 Å². The minimum atomic E-state index is -0.752. The Morgan fingerprint density at radius 1 is 1.08 bits per heavy atom. The van der Waals surface area contributed by atoms with Crippen LogP contribution in [0.25, 0.3) is 0 Å². The summed E-state index contributed by atoms with van der Waals surface area (Å²) in [6, 6.07) is 11.5. The van der Waals surface area contributed by atoms with Gasteiger partial charge in [-0.3, -0.25) is 0 Å². The van der Waals surface area contributed by atoms with Gasteiger partial charge in [0.2, 0.25) is 0 Å². The Balaban J connectivity index is 0.000000449. The molecule has 0 saturated carbocycles. The monoisotopic (exact) mass is 532 g/mol. The van der Waals surface area contributed by atoms with Crippen molar-refractivity contribution in [2.75, 3.05) is 33.5 Å². The fourth-order valence-electron chi connectivity index (χ4n) is 3.76. The van der Waals surface area contributed by atoms with Gasteiger partial charge in [0.05, 0.1) is 49.7 Å². The SMILES string of the molecule is CCOC(=O)C1=C(COCCN)NC(C)=C(C(=O)OC)C1c1ccccc1Cl.Cc1cc(O)ccc1O. The van der Waals surface area contributed by atoms with E-state index in [1.54, 1.807) is 45.0 Å². The van der Waals surface area contributed by atoms with E-state index in [4.69, 9.17) is 41.8 Å². The number of hydrogen-bond acceptors (Lipinski definition) is 9. The van der Waals surface area contributed by atoms with Crippen molar-refractivity contribution < 1.29 is 34.0 Å². The maximum atomic E-state index is 12.9. The number of carbonyl (C=O) groups is 2. The van der Waals surface area contributed by atoms with Gasteiger partial charge >= 0.3 is 11.9 Å². The van der Waals surface area contributed by atoms with Crippen LogP contribution in [0.3, 0.4) is 0 Å². The maximum Gasteiger partial charge on any atom is 0.336 e. The third-order valence-electron chi connectivity index (χ3n) is 5.45. The van der Waals surface area contributed by atoms with Crippen LogP contribution in [0.1, 0.15) is 30.9 Å². The van der Waals surface area contributed by atoms with Crippen molar-refractivity contribution in [1.29, 1.82) is 0 Å². The molecule has 2 aromatic rings. The van der Waals surface area contributed by atoms with Gasteiger partial charge < -0.3 is 35.5 Å². The fourth-order valence-corrected chi connectivity index (χ4v) is 4.00. The number of halogens is 1. The molecule has 3 rings (SSSR count). The number of nitrogens with two attached hydrogens (primary N) is 1. The van der Waals surface area contributed by atoms with Crippen LogP contribution in [0.2, 0.25) is 5.02 Å². The minimum Gasteiger partial charge on any atom is -0.508 e. The normalized spacial score (nSPS) is 14.9. The number of benzene rings is 2. The van der Waals surface area contributed by atoms with Crippen molar-refractivity contribution in [1.82, 2.24) is 5.32 Å². The van der Waals surface area contributed by atoms with Crippen LogP contribution in [0, 0.1) is 6.92 Å². The Bertz CT molecular complexity index is 1180. The highest BCUT2D eigenvalue weighted by Gasteiger charge is 2.39. The second-order valence-electron chi connectivity index (χ2n) is 8.03. The first-order valence-electron chi connectivity index (χ1n) is 11.6. The Morgan fingerprint density at radius 3 is 2.35 bits per heavy atom. The molecule has 0 amide bonds. The largest absolute Gasteiger partial charge is 0.508 e. The number of rotatable bonds is 8. The molecule has 200 valence electrons. The van der Waals surface area contributed by atoms with Crippen LogP contribution in [0.5, 0.6) is 11.5 Å². The zero-order chi connectivity index (χ0) is 27.5. The quantitative estimate of drug-likeness (QED) is 0.227. The Morgan fingerprint density at radius 2 is 1.78 bits per heavy atom. The first-order chi connectivity index (χ1) is 17.7. The summed E-state index contributed by atoms with van der Waals surface area (Å²) in [5, 5.41) is 21.3. The molecular weight excluding hydrogens is 500 g/mol. The predicted molar refractivity (Wildman–Crippen MR) is 140 cm³/mol. The highest BCUT2D eigenvalue weighted by atomic mass is 35.5. The first-order valence-corrected chi connectivity index (χ1v) is 12.0. The molecule has 0 bridgehead atoms. The average Bonchev–Trinajstić information content (AvgIpc) is 2.86. The van der Waals surface area contributed by atoms with Crippen molar-refractivity contribution in [3.05, 3.63) is 81.2 Å². The van der Waals surface area contributed by atoms with Crippen LogP contribution in [-0.2, 0) is 23.8 Å². The zero-order valence-corrected chi connectivity index (χ0v) is 22.1. The molecular formula is C27H33ClN2O7. The summed E-state index contributed by atoms with van der Waals surface area (Å²) in [5.74, 6) is -1.46.